The quantitative estimate of drug-likeness (QED) is 0.779. The summed E-state index contributed by atoms with van der Waals surface area (Å²) in [7, 11) is 0. The molecule has 3 heterocycles. The molecule has 1 aromatic rings. The number of morpholine rings is 1. The molecule has 2 fully saturated rings. The van der Waals surface area contributed by atoms with Gasteiger partial charge in [0.25, 0.3) is 0 Å². The lowest BCUT2D eigenvalue weighted by molar-refractivity contribution is -0.0827. The van der Waals surface area contributed by atoms with E-state index in [1.165, 1.54) is 0 Å². The Hall–Kier alpha value is -0.970. The zero-order valence-electron chi connectivity index (χ0n) is 10.9. The Kier molecular flexibility index (Phi) is 2.88. The van der Waals surface area contributed by atoms with Crippen molar-refractivity contribution in [3.63, 3.8) is 0 Å². The van der Waals surface area contributed by atoms with Crippen molar-refractivity contribution in [2.24, 2.45) is 0 Å². The molecule has 0 saturated carbocycles. The van der Waals surface area contributed by atoms with Crippen LogP contribution >= 0.6 is 0 Å². The Balaban J connectivity index is 1.94. The van der Waals surface area contributed by atoms with Crippen molar-refractivity contribution in [3.8, 4) is 0 Å². The number of rotatable bonds is 1. The summed E-state index contributed by atoms with van der Waals surface area (Å²) >= 11 is 0. The summed E-state index contributed by atoms with van der Waals surface area (Å²) in [6, 6.07) is 2.57. The maximum Gasteiger partial charge on any atom is 0.110 e. The lowest BCUT2D eigenvalue weighted by atomic mass is 9.79. The number of ether oxygens (including phenoxy) is 1. The van der Waals surface area contributed by atoms with Crippen molar-refractivity contribution in [1.29, 1.82) is 0 Å². The van der Waals surface area contributed by atoms with Crippen LogP contribution in [0.1, 0.15) is 29.7 Å². The van der Waals surface area contributed by atoms with Gasteiger partial charge in [0, 0.05) is 18.3 Å². The smallest absolute Gasteiger partial charge is 0.110 e. The van der Waals surface area contributed by atoms with Gasteiger partial charge in [0.2, 0.25) is 0 Å². The Morgan fingerprint density at radius 2 is 2.00 bits per heavy atom. The SMILES string of the molecule is Cc1cnc(C2(O)CC3COCC(C2)N3)c(C)c1. The fraction of sp³-hybridized carbons (Fsp3) is 0.643. The van der Waals surface area contributed by atoms with E-state index < -0.39 is 5.60 Å². The lowest BCUT2D eigenvalue weighted by Gasteiger charge is -2.45. The first-order valence-corrected chi connectivity index (χ1v) is 6.57. The van der Waals surface area contributed by atoms with Crippen LogP contribution in [0.4, 0.5) is 0 Å². The van der Waals surface area contributed by atoms with Crippen molar-refractivity contribution in [3.05, 3.63) is 29.1 Å². The number of pyridine rings is 1. The number of aromatic nitrogens is 1. The third kappa shape index (κ3) is 2.05. The van der Waals surface area contributed by atoms with Gasteiger partial charge in [-0.25, -0.2) is 0 Å². The summed E-state index contributed by atoms with van der Waals surface area (Å²) < 4.78 is 5.52. The molecule has 0 radical (unpaired) electrons. The standard InChI is InChI=1S/C14H20N2O2/c1-9-3-10(2)13(15-6-9)14(17)4-11-7-18-8-12(5-14)16-11/h3,6,11-12,16-17H,4-5,7-8H2,1-2H3. The fourth-order valence-electron chi connectivity index (χ4n) is 3.31. The Morgan fingerprint density at radius 1 is 1.33 bits per heavy atom. The maximum absolute atomic E-state index is 11.0. The van der Waals surface area contributed by atoms with Gasteiger partial charge in [0.15, 0.2) is 0 Å². The van der Waals surface area contributed by atoms with Crippen LogP contribution in [0.5, 0.6) is 0 Å². The molecule has 0 aromatic carbocycles. The topological polar surface area (TPSA) is 54.4 Å². The highest BCUT2D eigenvalue weighted by molar-refractivity contribution is 5.29. The molecule has 98 valence electrons. The van der Waals surface area contributed by atoms with E-state index in [2.05, 4.69) is 16.4 Å². The first kappa shape index (κ1) is 12.1. The first-order chi connectivity index (χ1) is 8.57. The molecule has 2 N–H and O–H groups in total. The second-order valence-electron chi connectivity index (χ2n) is 5.72. The number of hydrogen-bond donors (Lipinski definition) is 2. The van der Waals surface area contributed by atoms with Crippen molar-refractivity contribution < 1.29 is 9.84 Å². The lowest BCUT2D eigenvalue weighted by Crippen LogP contribution is -2.59. The normalized spacial score (nSPS) is 35.5. The van der Waals surface area contributed by atoms with Gasteiger partial charge in [-0.1, -0.05) is 6.07 Å². The zero-order chi connectivity index (χ0) is 12.8. The summed E-state index contributed by atoms with van der Waals surface area (Å²) in [5.74, 6) is 0. The van der Waals surface area contributed by atoms with Crippen LogP contribution < -0.4 is 5.32 Å². The third-order valence-corrected chi connectivity index (χ3v) is 3.93. The Labute approximate surface area is 107 Å². The molecule has 1 aromatic heterocycles. The molecule has 2 bridgehead atoms. The minimum atomic E-state index is -0.803. The van der Waals surface area contributed by atoms with E-state index in [4.69, 9.17) is 4.74 Å². The van der Waals surface area contributed by atoms with Gasteiger partial charge < -0.3 is 15.2 Å². The van der Waals surface area contributed by atoms with Gasteiger partial charge in [-0.05, 0) is 37.8 Å². The van der Waals surface area contributed by atoms with Crippen LogP contribution in [0.3, 0.4) is 0 Å². The number of piperidine rings is 1. The van der Waals surface area contributed by atoms with Crippen LogP contribution in [-0.2, 0) is 10.3 Å². The molecule has 2 aliphatic heterocycles. The van der Waals surface area contributed by atoms with Crippen molar-refractivity contribution in [2.75, 3.05) is 13.2 Å². The molecule has 2 unspecified atom stereocenters. The molecule has 0 amide bonds. The molecule has 4 heteroatoms. The number of fused-ring (bicyclic) bond motifs is 2. The fourth-order valence-corrected chi connectivity index (χ4v) is 3.31. The molecule has 2 aliphatic rings. The summed E-state index contributed by atoms with van der Waals surface area (Å²) in [4.78, 5) is 4.48. The van der Waals surface area contributed by atoms with Crippen LogP contribution in [-0.4, -0.2) is 35.4 Å². The second kappa shape index (κ2) is 4.30. The van der Waals surface area contributed by atoms with E-state index >= 15 is 0 Å². The number of nitrogens with zero attached hydrogens (tertiary/aromatic N) is 1. The van der Waals surface area contributed by atoms with Crippen LogP contribution in [0.2, 0.25) is 0 Å². The molecule has 0 aliphatic carbocycles. The predicted molar refractivity (Wildman–Crippen MR) is 68.4 cm³/mol. The molecule has 2 atom stereocenters. The Bertz CT molecular complexity index is 449. The van der Waals surface area contributed by atoms with E-state index in [0.29, 0.717) is 26.1 Å². The average molecular weight is 248 g/mol. The monoisotopic (exact) mass is 248 g/mol. The van der Waals surface area contributed by atoms with Gasteiger partial charge >= 0.3 is 0 Å². The van der Waals surface area contributed by atoms with Gasteiger partial charge in [-0.3, -0.25) is 4.98 Å². The minimum Gasteiger partial charge on any atom is -0.383 e. The second-order valence-corrected chi connectivity index (χ2v) is 5.72. The largest absolute Gasteiger partial charge is 0.383 e. The van der Waals surface area contributed by atoms with Crippen LogP contribution in [0.25, 0.3) is 0 Å². The number of aliphatic hydroxyl groups is 1. The molecule has 4 nitrogen and oxygen atoms in total. The maximum atomic E-state index is 11.0. The van der Waals surface area contributed by atoms with E-state index in [-0.39, 0.29) is 12.1 Å². The van der Waals surface area contributed by atoms with E-state index in [0.717, 1.165) is 16.8 Å². The highest BCUT2D eigenvalue weighted by Crippen LogP contribution is 2.37. The van der Waals surface area contributed by atoms with Crippen molar-refractivity contribution >= 4 is 0 Å². The summed E-state index contributed by atoms with van der Waals surface area (Å²) in [5.41, 5.74) is 2.25. The van der Waals surface area contributed by atoms with Gasteiger partial charge in [-0.15, -0.1) is 0 Å². The summed E-state index contributed by atoms with van der Waals surface area (Å²) in [5, 5.41) is 14.5. The van der Waals surface area contributed by atoms with Crippen molar-refractivity contribution in [2.45, 2.75) is 44.4 Å². The van der Waals surface area contributed by atoms with E-state index in [1.54, 1.807) is 0 Å². The van der Waals surface area contributed by atoms with Crippen molar-refractivity contribution in [1.82, 2.24) is 10.3 Å². The molecular weight excluding hydrogens is 228 g/mol. The van der Waals surface area contributed by atoms with E-state index in [9.17, 15) is 5.11 Å². The third-order valence-electron chi connectivity index (χ3n) is 3.93. The van der Waals surface area contributed by atoms with Gasteiger partial charge in [0.05, 0.1) is 18.9 Å². The molecule has 3 rings (SSSR count). The van der Waals surface area contributed by atoms with Crippen LogP contribution in [0.15, 0.2) is 12.3 Å². The van der Waals surface area contributed by atoms with E-state index in [1.807, 2.05) is 20.0 Å². The molecule has 18 heavy (non-hydrogen) atoms. The minimum absolute atomic E-state index is 0.241. The Morgan fingerprint density at radius 3 is 2.61 bits per heavy atom. The molecule has 0 spiro atoms. The van der Waals surface area contributed by atoms with Gasteiger partial charge in [-0.2, -0.15) is 0 Å². The number of hydrogen-bond acceptors (Lipinski definition) is 4. The average Bonchev–Trinajstić information content (AvgIpc) is 2.27. The molecular formula is C14H20N2O2. The highest BCUT2D eigenvalue weighted by atomic mass is 16.5. The van der Waals surface area contributed by atoms with Gasteiger partial charge in [0.1, 0.15) is 5.60 Å². The summed E-state index contributed by atoms with van der Waals surface area (Å²) in [6.07, 6.45) is 3.20. The zero-order valence-corrected chi connectivity index (χ0v) is 10.9. The number of nitrogens with one attached hydrogen (secondary N) is 1. The number of aryl methyl sites for hydroxylation is 2. The summed E-state index contributed by atoms with van der Waals surface area (Å²) in [6.45, 7) is 5.42. The van der Waals surface area contributed by atoms with Crippen LogP contribution in [0, 0.1) is 13.8 Å². The highest BCUT2D eigenvalue weighted by Gasteiger charge is 2.43. The molecule has 2 saturated heterocycles. The first-order valence-electron chi connectivity index (χ1n) is 6.57. The predicted octanol–water partition coefficient (Wildman–Crippen LogP) is 1.04.